The lowest BCUT2D eigenvalue weighted by Crippen LogP contribution is -2.21. The van der Waals surface area contributed by atoms with Gasteiger partial charge in [0.15, 0.2) is 0 Å². The third-order valence-electron chi connectivity index (χ3n) is 5.72. The zero-order valence-electron chi connectivity index (χ0n) is 16.6. The molecule has 1 N–H and O–H groups in total. The standard InChI is InChI=1S/C25H26O3S/c1-17-16-22(18-8-4-2-5-9-18)29-24(17)23(19-10-6-3-7-11-19)28-21-14-12-20(13-15-21)25(26)27/h2,4-5,8-9,12-16,19,23H,3,6-7,10-11H2,1H3,(H,26,27). The maximum atomic E-state index is 11.1. The van der Waals surface area contributed by atoms with Gasteiger partial charge in [0.25, 0.3) is 0 Å². The smallest absolute Gasteiger partial charge is 0.335 e. The summed E-state index contributed by atoms with van der Waals surface area (Å²) in [7, 11) is 0. The summed E-state index contributed by atoms with van der Waals surface area (Å²) in [6.45, 7) is 2.17. The number of thiophene rings is 1. The average molecular weight is 407 g/mol. The number of ether oxygens (including phenoxy) is 1. The van der Waals surface area contributed by atoms with E-state index < -0.39 is 5.97 Å². The number of carbonyl (C=O) groups is 1. The second kappa shape index (κ2) is 8.83. The molecule has 1 saturated carbocycles. The van der Waals surface area contributed by atoms with Crippen LogP contribution in [-0.4, -0.2) is 11.1 Å². The Labute approximate surface area is 176 Å². The third-order valence-corrected chi connectivity index (χ3v) is 7.06. The van der Waals surface area contributed by atoms with Crippen molar-refractivity contribution in [2.45, 2.75) is 45.1 Å². The van der Waals surface area contributed by atoms with Crippen molar-refractivity contribution in [1.82, 2.24) is 0 Å². The number of hydrogen-bond acceptors (Lipinski definition) is 3. The van der Waals surface area contributed by atoms with Gasteiger partial charge >= 0.3 is 5.97 Å². The molecule has 4 heteroatoms. The fraction of sp³-hybridized carbons (Fsp3) is 0.320. The van der Waals surface area contributed by atoms with Crippen molar-refractivity contribution < 1.29 is 14.6 Å². The lowest BCUT2D eigenvalue weighted by Gasteiger charge is -2.30. The average Bonchev–Trinajstić information content (AvgIpc) is 3.15. The van der Waals surface area contributed by atoms with Crippen LogP contribution in [0.5, 0.6) is 5.75 Å². The van der Waals surface area contributed by atoms with Crippen molar-refractivity contribution in [2.75, 3.05) is 0 Å². The molecule has 29 heavy (non-hydrogen) atoms. The highest BCUT2D eigenvalue weighted by molar-refractivity contribution is 7.15. The molecule has 1 aromatic heterocycles. The Hall–Kier alpha value is -2.59. The zero-order chi connectivity index (χ0) is 20.2. The summed E-state index contributed by atoms with van der Waals surface area (Å²) in [5, 5.41) is 9.15. The van der Waals surface area contributed by atoms with Crippen LogP contribution in [0, 0.1) is 12.8 Å². The molecule has 1 fully saturated rings. The first-order valence-electron chi connectivity index (χ1n) is 10.3. The van der Waals surface area contributed by atoms with Crippen LogP contribution in [0.15, 0.2) is 60.7 Å². The maximum absolute atomic E-state index is 11.1. The predicted molar refractivity (Wildman–Crippen MR) is 118 cm³/mol. The second-order valence-corrected chi connectivity index (χ2v) is 8.87. The van der Waals surface area contributed by atoms with E-state index in [4.69, 9.17) is 9.84 Å². The van der Waals surface area contributed by atoms with Gasteiger partial charge in [0.05, 0.1) is 5.56 Å². The Morgan fingerprint density at radius 2 is 1.72 bits per heavy atom. The molecule has 0 spiro atoms. The fourth-order valence-electron chi connectivity index (χ4n) is 4.15. The van der Waals surface area contributed by atoms with Crippen molar-refractivity contribution >= 4 is 17.3 Å². The molecule has 1 heterocycles. The molecule has 0 aliphatic heterocycles. The van der Waals surface area contributed by atoms with E-state index in [1.807, 2.05) is 17.4 Å². The molecule has 0 saturated heterocycles. The van der Waals surface area contributed by atoms with Crippen LogP contribution in [0.25, 0.3) is 10.4 Å². The van der Waals surface area contributed by atoms with E-state index in [1.165, 1.54) is 53.0 Å². The summed E-state index contributed by atoms with van der Waals surface area (Å²) in [5.41, 5.74) is 2.79. The lowest BCUT2D eigenvalue weighted by molar-refractivity contribution is 0.0696. The predicted octanol–water partition coefficient (Wildman–Crippen LogP) is 7.12. The van der Waals surface area contributed by atoms with E-state index in [-0.39, 0.29) is 11.7 Å². The molecule has 150 valence electrons. The van der Waals surface area contributed by atoms with Gasteiger partial charge in [-0.3, -0.25) is 0 Å². The summed E-state index contributed by atoms with van der Waals surface area (Å²) >= 11 is 1.82. The number of rotatable bonds is 6. The summed E-state index contributed by atoms with van der Waals surface area (Å²) < 4.78 is 6.52. The highest BCUT2D eigenvalue weighted by atomic mass is 32.1. The van der Waals surface area contributed by atoms with Gasteiger partial charge in [0, 0.05) is 15.7 Å². The van der Waals surface area contributed by atoms with Gasteiger partial charge in [-0.2, -0.15) is 0 Å². The van der Waals surface area contributed by atoms with Crippen molar-refractivity contribution in [3.05, 3.63) is 76.7 Å². The van der Waals surface area contributed by atoms with E-state index in [9.17, 15) is 4.79 Å². The van der Waals surface area contributed by atoms with Crippen LogP contribution in [0.1, 0.15) is 59.0 Å². The van der Waals surface area contributed by atoms with Crippen LogP contribution < -0.4 is 4.74 Å². The van der Waals surface area contributed by atoms with Gasteiger partial charge < -0.3 is 9.84 Å². The van der Waals surface area contributed by atoms with Gasteiger partial charge in [-0.25, -0.2) is 4.79 Å². The topological polar surface area (TPSA) is 46.5 Å². The lowest BCUT2D eigenvalue weighted by atomic mass is 9.84. The maximum Gasteiger partial charge on any atom is 0.335 e. The summed E-state index contributed by atoms with van der Waals surface area (Å²) in [4.78, 5) is 13.7. The SMILES string of the molecule is Cc1cc(-c2ccccc2)sc1C(Oc1ccc(C(=O)O)cc1)C1CCCCC1. The van der Waals surface area contributed by atoms with Gasteiger partial charge in [-0.1, -0.05) is 49.6 Å². The first kappa shape index (κ1) is 19.7. The van der Waals surface area contributed by atoms with E-state index in [1.54, 1.807) is 24.3 Å². The van der Waals surface area contributed by atoms with E-state index >= 15 is 0 Å². The van der Waals surface area contributed by atoms with Crippen molar-refractivity contribution in [1.29, 1.82) is 0 Å². The van der Waals surface area contributed by atoms with E-state index in [2.05, 4.69) is 37.3 Å². The highest BCUT2D eigenvalue weighted by Crippen LogP contribution is 2.43. The van der Waals surface area contributed by atoms with Crippen molar-refractivity contribution in [3.63, 3.8) is 0 Å². The molecule has 1 unspecified atom stereocenters. The monoisotopic (exact) mass is 406 g/mol. The Kier molecular flexibility index (Phi) is 6.00. The Bertz CT molecular complexity index is 953. The van der Waals surface area contributed by atoms with Gasteiger partial charge in [0.1, 0.15) is 11.9 Å². The van der Waals surface area contributed by atoms with E-state index in [0.717, 1.165) is 5.75 Å². The largest absolute Gasteiger partial charge is 0.485 e. The van der Waals surface area contributed by atoms with Crippen molar-refractivity contribution in [2.24, 2.45) is 5.92 Å². The minimum absolute atomic E-state index is 0.00782. The molecule has 3 nitrogen and oxygen atoms in total. The Balaban J connectivity index is 1.65. The molecule has 3 aromatic rings. The number of benzene rings is 2. The van der Waals surface area contributed by atoms with Crippen LogP contribution in [0.3, 0.4) is 0 Å². The highest BCUT2D eigenvalue weighted by Gasteiger charge is 2.30. The number of hydrogen-bond donors (Lipinski definition) is 1. The molecule has 0 bridgehead atoms. The van der Waals surface area contributed by atoms with Gasteiger partial charge in [-0.15, -0.1) is 11.3 Å². The molecule has 0 radical (unpaired) electrons. The number of carboxylic acid groups (broad SMARTS) is 1. The minimum atomic E-state index is -0.915. The minimum Gasteiger partial charge on any atom is -0.485 e. The number of aryl methyl sites for hydroxylation is 1. The van der Waals surface area contributed by atoms with E-state index in [0.29, 0.717) is 5.92 Å². The molecule has 1 atom stereocenters. The summed E-state index contributed by atoms with van der Waals surface area (Å²) in [6.07, 6.45) is 6.16. The van der Waals surface area contributed by atoms with Crippen LogP contribution >= 0.6 is 11.3 Å². The number of aromatic carboxylic acids is 1. The molecular formula is C25H26O3S. The molecule has 2 aromatic carbocycles. The Morgan fingerprint density at radius 1 is 1.03 bits per heavy atom. The van der Waals surface area contributed by atoms with Crippen LogP contribution in [0.4, 0.5) is 0 Å². The fourth-order valence-corrected chi connectivity index (χ4v) is 5.45. The number of carboxylic acids is 1. The molecule has 1 aliphatic rings. The summed E-state index contributed by atoms with van der Waals surface area (Å²) in [5.74, 6) is 0.311. The molecule has 4 rings (SSSR count). The van der Waals surface area contributed by atoms with Crippen LogP contribution in [-0.2, 0) is 0 Å². The van der Waals surface area contributed by atoms with Crippen LogP contribution in [0.2, 0.25) is 0 Å². The van der Waals surface area contributed by atoms with Gasteiger partial charge in [0.2, 0.25) is 0 Å². The second-order valence-electron chi connectivity index (χ2n) is 7.79. The van der Waals surface area contributed by atoms with Crippen molar-refractivity contribution in [3.8, 4) is 16.2 Å². The quantitative estimate of drug-likeness (QED) is 0.474. The molecule has 0 amide bonds. The first-order valence-corrected chi connectivity index (χ1v) is 11.1. The molecular weight excluding hydrogens is 380 g/mol. The zero-order valence-corrected chi connectivity index (χ0v) is 17.5. The van der Waals surface area contributed by atoms with Gasteiger partial charge in [-0.05, 0) is 61.2 Å². The Morgan fingerprint density at radius 3 is 2.38 bits per heavy atom. The molecule has 1 aliphatic carbocycles. The normalized spacial score (nSPS) is 15.8. The third kappa shape index (κ3) is 4.54. The first-order chi connectivity index (χ1) is 14.1. The summed E-state index contributed by atoms with van der Waals surface area (Å²) in [6, 6.07) is 19.5.